The number of urea groups is 1. The van der Waals surface area contributed by atoms with Crippen molar-refractivity contribution in [3.8, 4) is 17.2 Å². The molecule has 246 valence electrons. The van der Waals surface area contributed by atoms with Crippen molar-refractivity contribution >= 4 is 23.5 Å². The summed E-state index contributed by atoms with van der Waals surface area (Å²) in [5.74, 6) is 6.58. The summed E-state index contributed by atoms with van der Waals surface area (Å²) >= 11 is 0. The fourth-order valence-electron chi connectivity index (χ4n) is 4.43. The summed E-state index contributed by atoms with van der Waals surface area (Å²) in [6.07, 6.45) is 1.20. The van der Waals surface area contributed by atoms with Gasteiger partial charge in [0.2, 0.25) is 5.90 Å². The molecule has 0 bridgehead atoms. The van der Waals surface area contributed by atoms with Gasteiger partial charge >= 0.3 is 6.03 Å². The van der Waals surface area contributed by atoms with Crippen LogP contribution in [-0.2, 0) is 6.54 Å². The normalized spacial score (nSPS) is 14.4. The third kappa shape index (κ3) is 10.9. The zero-order chi connectivity index (χ0) is 33.0. The summed E-state index contributed by atoms with van der Waals surface area (Å²) < 4.78 is 17.4. The van der Waals surface area contributed by atoms with Crippen molar-refractivity contribution in [2.45, 2.75) is 27.3 Å². The Bertz CT molecular complexity index is 1350. The molecule has 1 heterocycles. The molecule has 9 N–H and O–H groups in total. The molecule has 0 saturated carbocycles. The quantitative estimate of drug-likeness (QED) is 0.0537. The highest BCUT2D eigenvalue weighted by Gasteiger charge is 2.20. The Hall–Kier alpha value is -4.37. The van der Waals surface area contributed by atoms with Gasteiger partial charge in [0, 0.05) is 63.4 Å². The molecule has 2 amide bonds. The van der Waals surface area contributed by atoms with E-state index in [1.54, 1.807) is 57.2 Å². The van der Waals surface area contributed by atoms with E-state index in [1.165, 1.54) is 13.2 Å². The van der Waals surface area contributed by atoms with Crippen LogP contribution in [-0.4, -0.2) is 97.4 Å². The topological polar surface area (TPSA) is 202 Å². The number of hydrazine groups is 1. The van der Waals surface area contributed by atoms with Crippen molar-refractivity contribution in [1.82, 2.24) is 20.4 Å². The average molecular weight is 627 g/mol. The Morgan fingerprint density at radius 3 is 2.38 bits per heavy atom. The van der Waals surface area contributed by atoms with Crippen molar-refractivity contribution in [1.29, 1.82) is 10.8 Å². The lowest BCUT2D eigenvalue weighted by Crippen LogP contribution is -2.48. The average Bonchev–Trinajstić information content (AvgIpc) is 3.00. The Morgan fingerprint density at radius 2 is 1.76 bits per heavy atom. The summed E-state index contributed by atoms with van der Waals surface area (Å²) in [6.45, 7) is 11.1. The van der Waals surface area contributed by atoms with Crippen molar-refractivity contribution in [3.05, 3.63) is 59.4 Å². The van der Waals surface area contributed by atoms with E-state index < -0.39 is 11.4 Å². The molecule has 14 heteroatoms. The van der Waals surface area contributed by atoms with Gasteiger partial charge < -0.3 is 35.2 Å². The second-order valence-electron chi connectivity index (χ2n) is 11.5. The number of rotatable bonds is 13. The molecule has 0 atom stereocenters. The van der Waals surface area contributed by atoms with Gasteiger partial charge in [-0.1, -0.05) is 32.9 Å². The highest BCUT2D eigenvalue weighted by molar-refractivity contribution is 6.02. The number of aliphatic hydroxyl groups is 2. The minimum absolute atomic E-state index is 0.0202. The second-order valence-corrected chi connectivity index (χ2v) is 11.5. The summed E-state index contributed by atoms with van der Waals surface area (Å²) in [5, 5.41) is 40.8. The van der Waals surface area contributed by atoms with E-state index in [1.807, 2.05) is 0 Å². The van der Waals surface area contributed by atoms with E-state index in [-0.39, 0.29) is 30.6 Å². The first kappa shape index (κ1) is 35.1. The molecule has 2 aromatic carbocycles. The predicted octanol–water partition coefficient (Wildman–Crippen LogP) is 2.64. The van der Waals surface area contributed by atoms with Gasteiger partial charge in [-0.2, -0.15) is 0 Å². The van der Waals surface area contributed by atoms with Crippen LogP contribution in [0.2, 0.25) is 0 Å². The number of carbonyl (C=O) groups is 1. The number of β-amino-alcohol motifs (C(OH)–C–C–N with tert-alkyl or cyclic N) is 1. The first-order valence-corrected chi connectivity index (χ1v) is 14.7. The molecule has 1 aliphatic rings. The maximum absolute atomic E-state index is 12.3. The summed E-state index contributed by atoms with van der Waals surface area (Å²) in [7, 11) is 1.53. The number of ether oxygens (including phenoxy) is 3. The number of benzene rings is 2. The number of nitrogens with zero attached hydrogens (tertiary/aromatic N) is 2. The van der Waals surface area contributed by atoms with Crippen LogP contribution >= 0.6 is 0 Å². The van der Waals surface area contributed by atoms with Gasteiger partial charge in [-0.3, -0.25) is 31.8 Å². The van der Waals surface area contributed by atoms with Crippen molar-refractivity contribution < 1.29 is 29.2 Å². The molecule has 45 heavy (non-hydrogen) atoms. The minimum atomic E-state index is -0.606. The van der Waals surface area contributed by atoms with Crippen LogP contribution < -0.4 is 36.1 Å². The number of aliphatic hydroxyl groups excluding tert-OH is 2. The Balaban J connectivity index is 1.60. The molecule has 0 spiro atoms. The molecule has 1 aliphatic heterocycles. The summed E-state index contributed by atoms with van der Waals surface area (Å²) in [6, 6.07) is 9.57. The van der Waals surface area contributed by atoms with E-state index >= 15 is 0 Å². The van der Waals surface area contributed by atoms with Gasteiger partial charge in [0.1, 0.15) is 24.0 Å². The number of hydrogen-bond donors (Lipinski definition) is 8. The van der Waals surface area contributed by atoms with Crippen LogP contribution in [0.1, 0.15) is 31.9 Å². The van der Waals surface area contributed by atoms with Crippen molar-refractivity contribution in [2.75, 3.05) is 65.0 Å². The molecule has 0 radical (unpaired) electrons. The highest BCUT2D eigenvalue weighted by atomic mass is 16.5. The summed E-state index contributed by atoms with van der Waals surface area (Å²) in [5.41, 5.74) is 3.51. The second kappa shape index (κ2) is 16.6. The smallest absolute Gasteiger partial charge is 0.320 e. The van der Waals surface area contributed by atoms with Gasteiger partial charge in [-0.15, -0.1) is 0 Å². The number of amides is 2. The monoisotopic (exact) mass is 626 g/mol. The summed E-state index contributed by atoms with van der Waals surface area (Å²) in [4.78, 5) is 16.8. The molecule has 0 aromatic heterocycles. The molecular formula is C31H46N8O6. The Kier molecular flexibility index (Phi) is 13.0. The number of allylic oxidation sites excluding steroid dienone is 1. The van der Waals surface area contributed by atoms with Gasteiger partial charge in [0.05, 0.1) is 25.0 Å². The van der Waals surface area contributed by atoms with E-state index in [4.69, 9.17) is 36.0 Å². The molecular weight excluding hydrogens is 580 g/mol. The number of methoxy groups -OCH3 is 1. The van der Waals surface area contributed by atoms with E-state index in [0.717, 1.165) is 26.2 Å². The standard InChI is InChI=1S/C31H46N8O6/c1-31(2,3)27(41)19-28(32)36-30(42)35-20-21-6-5-7-22(16-21)45-29(33)23-17-26(25(43-4)18-24(23)37-34)44-15-13-39-10-8-38(9-11-39)12-14-40/h5-7,16-19,33,37,40-41H,8-15,20,34H2,1-4H3,(H3,32,35,36,42)/b27-19-,33-29?. The third-order valence-electron chi connectivity index (χ3n) is 7.12. The maximum atomic E-state index is 12.3. The number of anilines is 1. The van der Waals surface area contributed by atoms with Crippen LogP contribution in [0.4, 0.5) is 10.5 Å². The van der Waals surface area contributed by atoms with Crippen LogP contribution in [0, 0.1) is 16.2 Å². The SMILES string of the molecule is COc1cc(NN)c(C(=N)Oc2cccc(CNC(=O)NC(=N)/C=C(\O)C(C)(C)C)c2)cc1OCCN1CCN(CCO)CC1. The van der Waals surface area contributed by atoms with Gasteiger partial charge in [-0.05, 0) is 23.8 Å². The highest BCUT2D eigenvalue weighted by Crippen LogP contribution is 2.34. The van der Waals surface area contributed by atoms with Crippen molar-refractivity contribution in [3.63, 3.8) is 0 Å². The Morgan fingerprint density at radius 1 is 1.07 bits per heavy atom. The van der Waals surface area contributed by atoms with Crippen LogP contribution in [0.3, 0.4) is 0 Å². The van der Waals surface area contributed by atoms with Crippen LogP contribution in [0.25, 0.3) is 0 Å². The molecule has 2 aromatic rings. The van der Waals surface area contributed by atoms with E-state index in [2.05, 4.69) is 25.9 Å². The first-order valence-electron chi connectivity index (χ1n) is 14.7. The number of nitrogens with one attached hydrogen (secondary N) is 5. The van der Waals surface area contributed by atoms with E-state index in [9.17, 15) is 9.90 Å². The lowest BCUT2D eigenvalue weighted by molar-refractivity contribution is 0.101. The lowest BCUT2D eigenvalue weighted by atomic mass is 9.93. The number of amidine groups is 1. The minimum Gasteiger partial charge on any atom is -0.512 e. The number of carbonyl (C=O) groups excluding carboxylic acids is 1. The van der Waals surface area contributed by atoms with Crippen LogP contribution in [0.5, 0.6) is 17.2 Å². The molecule has 1 saturated heterocycles. The van der Waals surface area contributed by atoms with E-state index in [0.29, 0.717) is 53.8 Å². The molecule has 14 nitrogen and oxygen atoms in total. The number of piperazine rings is 1. The number of nitrogen functional groups attached to an aromatic ring is 1. The molecule has 3 rings (SSSR count). The largest absolute Gasteiger partial charge is 0.512 e. The van der Waals surface area contributed by atoms with Gasteiger partial charge in [0.15, 0.2) is 11.5 Å². The molecule has 0 aliphatic carbocycles. The Labute approximate surface area is 264 Å². The number of nitrogens with two attached hydrogens (primary N) is 1. The zero-order valence-electron chi connectivity index (χ0n) is 26.4. The zero-order valence-corrected chi connectivity index (χ0v) is 26.4. The van der Waals surface area contributed by atoms with Crippen LogP contribution in [0.15, 0.2) is 48.2 Å². The van der Waals surface area contributed by atoms with Crippen molar-refractivity contribution in [2.24, 2.45) is 11.3 Å². The first-order chi connectivity index (χ1) is 21.4. The fraction of sp³-hybridized carbons (Fsp3) is 0.452. The van der Waals surface area contributed by atoms with Gasteiger partial charge in [0.25, 0.3) is 0 Å². The van der Waals surface area contributed by atoms with Gasteiger partial charge in [-0.25, -0.2) is 4.79 Å². The maximum Gasteiger partial charge on any atom is 0.320 e. The third-order valence-corrected chi connectivity index (χ3v) is 7.12. The fourth-order valence-corrected chi connectivity index (χ4v) is 4.43. The lowest BCUT2D eigenvalue weighted by Gasteiger charge is -2.34. The predicted molar refractivity (Wildman–Crippen MR) is 173 cm³/mol. The number of hydrogen-bond acceptors (Lipinski definition) is 12. The molecule has 0 unspecified atom stereocenters. The molecule has 1 fully saturated rings.